The molecule has 0 heterocycles. The summed E-state index contributed by atoms with van der Waals surface area (Å²) in [7, 11) is -5.27. The van der Waals surface area contributed by atoms with Crippen LogP contribution in [0.4, 0.5) is 0 Å². The Morgan fingerprint density at radius 3 is 2.19 bits per heavy atom. The van der Waals surface area contributed by atoms with Crippen molar-refractivity contribution in [2.24, 2.45) is 58.2 Å². The van der Waals surface area contributed by atoms with E-state index in [0.717, 1.165) is 80.5 Å². The van der Waals surface area contributed by atoms with Crippen molar-refractivity contribution in [1.82, 2.24) is 0 Å². The van der Waals surface area contributed by atoms with Crippen LogP contribution in [0.25, 0.3) is 0 Å². The Balaban J connectivity index is 1.14. The van der Waals surface area contributed by atoms with Crippen molar-refractivity contribution in [3.63, 3.8) is 0 Å². The molecule has 0 radical (unpaired) electrons. The average molecular weight is 940 g/mol. The molecule has 0 aromatic heterocycles. The third-order valence-electron chi connectivity index (χ3n) is 16.9. The van der Waals surface area contributed by atoms with Crippen molar-refractivity contribution >= 4 is 30.9 Å². The van der Waals surface area contributed by atoms with Gasteiger partial charge in [-0.2, -0.15) is 0 Å². The number of hydrogen-bond donors (Lipinski definition) is 0. The second-order valence-electron chi connectivity index (χ2n) is 25.9. The van der Waals surface area contributed by atoms with Gasteiger partial charge < -0.3 is 18.0 Å². The molecule has 5 rings (SSSR count). The first-order valence-electron chi connectivity index (χ1n) is 27.2. The Kier molecular flexibility index (Phi) is 19.6. The summed E-state index contributed by atoms with van der Waals surface area (Å²) in [4.78, 5) is 13.3. The summed E-state index contributed by atoms with van der Waals surface area (Å²) in [5.41, 5.74) is 2.42. The summed E-state index contributed by atoms with van der Waals surface area (Å²) < 4.78 is 26.9. The average Bonchev–Trinajstić information content (AvgIpc) is 3.68. The predicted octanol–water partition coefficient (Wildman–Crippen LogP) is 16.5. The van der Waals surface area contributed by atoms with Gasteiger partial charge >= 0.3 is 5.97 Å². The molecular weight excluding hydrogens is 837 g/mol. The normalized spacial score (nSPS) is 34.5. The van der Waals surface area contributed by atoms with Crippen LogP contribution in [0.2, 0.25) is 58.9 Å². The minimum atomic E-state index is -1.78. The predicted molar refractivity (Wildman–Crippen MR) is 280 cm³/mol. The highest BCUT2D eigenvalue weighted by Crippen LogP contribution is 2.67. The molecule has 0 N–H and O–H groups in total. The number of rotatable bonds is 24. The zero-order valence-electron chi connectivity index (χ0n) is 44.5. The molecule has 8 heteroatoms. The van der Waals surface area contributed by atoms with Crippen LogP contribution in [0.5, 0.6) is 0 Å². The third kappa shape index (κ3) is 15.1. The summed E-state index contributed by atoms with van der Waals surface area (Å²) in [6.07, 6.45) is 36.0. The van der Waals surface area contributed by atoms with Crippen molar-refractivity contribution < 1.29 is 22.8 Å². The molecule has 4 fully saturated rings. The van der Waals surface area contributed by atoms with Gasteiger partial charge in [0.1, 0.15) is 6.10 Å². The highest BCUT2D eigenvalue weighted by atomic mass is 28.4. The van der Waals surface area contributed by atoms with Gasteiger partial charge in [0.2, 0.25) is 0 Å². The third-order valence-corrected chi connectivity index (χ3v) is 19.9. The monoisotopic (exact) mass is 939 g/mol. The van der Waals surface area contributed by atoms with Crippen LogP contribution in [-0.2, 0) is 22.8 Å². The van der Waals surface area contributed by atoms with Crippen molar-refractivity contribution in [3.05, 3.63) is 36.0 Å². The first-order valence-corrected chi connectivity index (χ1v) is 37.4. The number of hydrogen-bond acceptors (Lipinski definition) is 5. The molecule has 0 saturated heterocycles. The maximum atomic E-state index is 13.3. The van der Waals surface area contributed by atoms with Crippen LogP contribution in [0.15, 0.2) is 36.0 Å². The van der Waals surface area contributed by atoms with Gasteiger partial charge in [-0.15, -0.1) is 0 Å². The van der Waals surface area contributed by atoms with Crippen LogP contribution in [0.3, 0.4) is 0 Å². The molecule has 4 saturated carbocycles. The molecule has 5 aliphatic rings. The number of carbonyl (C=O) groups is 1. The highest BCUT2D eigenvalue weighted by Gasteiger charge is 2.59. The largest absolute Gasteiger partial charge is 0.462 e. The molecule has 0 aromatic rings. The van der Waals surface area contributed by atoms with Crippen molar-refractivity contribution in [3.8, 4) is 0 Å². The van der Waals surface area contributed by atoms with E-state index in [1.54, 1.807) is 5.57 Å². The summed E-state index contributed by atoms with van der Waals surface area (Å²) in [5.74, 6) is 5.74. The van der Waals surface area contributed by atoms with Gasteiger partial charge in [-0.05, 0) is 188 Å². The molecular formula is C56H102O5Si3. The van der Waals surface area contributed by atoms with Gasteiger partial charge in [-0.25, -0.2) is 0 Å². The van der Waals surface area contributed by atoms with Gasteiger partial charge in [-0.3, -0.25) is 4.79 Å². The lowest BCUT2D eigenvalue weighted by Gasteiger charge is -2.58. The summed E-state index contributed by atoms with van der Waals surface area (Å²) in [6, 6.07) is 0. The fraction of sp³-hybridized carbons (Fsp3) is 0.875. The Hall–Kier alpha value is -0.779. The SMILES string of the molecule is CCCCC[C@H](/C=C/[C@@H]1[C@@H](C/C=C\CCCC(=O)O[C@H]2CC[C@@]3(C)C(=CC[C@H]4[C@@H]5CC[C@H]([C@H](C)CCCC(C)C)[C@@]5(C)CC[C@@H]43)C2)[C@@H](O[Si](C)(C)C)C[C@H]1O[Si](C)(C)C)O[Si](C)(C)C. The molecule has 5 nitrogen and oxygen atoms in total. The zero-order chi connectivity index (χ0) is 47.1. The fourth-order valence-corrected chi connectivity index (χ4v) is 17.5. The zero-order valence-corrected chi connectivity index (χ0v) is 47.5. The van der Waals surface area contributed by atoms with E-state index in [1.165, 1.54) is 77.0 Å². The smallest absolute Gasteiger partial charge is 0.306 e. The van der Waals surface area contributed by atoms with Crippen LogP contribution < -0.4 is 0 Å². The molecule has 0 spiro atoms. The van der Waals surface area contributed by atoms with Gasteiger partial charge in [0, 0.05) is 18.8 Å². The second kappa shape index (κ2) is 23.2. The Bertz CT molecular complexity index is 1550. The van der Waals surface area contributed by atoms with E-state index in [1.807, 2.05) is 0 Å². The number of ether oxygens (including phenoxy) is 1. The van der Waals surface area contributed by atoms with Gasteiger partial charge in [-0.1, -0.05) is 116 Å². The number of unbranched alkanes of at least 4 members (excludes halogenated alkanes) is 3. The minimum Gasteiger partial charge on any atom is -0.462 e. The van der Waals surface area contributed by atoms with E-state index in [4.69, 9.17) is 18.0 Å². The molecule has 0 aliphatic heterocycles. The number of allylic oxidation sites excluding steroid dienone is 3. The Morgan fingerprint density at radius 1 is 0.797 bits per heavy atom. The molecule has 5 aliphatic carbocycles. The van der Waals surface area contributed by atoms with E-state index in [2.05, 4.69) is 131 Å². The maximum absolute atomic E-state index is 13.3. The quantitative estimate of drug-likeness (QED) is 0.0418. The van der Waals surface area contributed by atoms with Crippen molar-refractivity contribution in [2.45, 2.75) is 253 Å². The molecule has 64 heavy (non-hydrogen) atoms. The maximum Gasteiger partial charge on any atom is 0.306 e. The molecule has 0 unspecified atom stereocenters. The first kappa shape index (κ1) is 54.2. The van der Waals surface area contributed by atoms with Crippen LogP contribution >= 0.6 is 0 Å². The van der Waals surface area contributed by atoms with E-state index in [-0.39, 0.29) is 35.8 Å². The number of fused-ring (bicyclic) bond motifs is 5. The topological polar surface area (TPSA) is 54.0 Å². The molecule has 0 bridgehead atoms. The molecule has 0 amide bonds. The molecule has 368 valence electrons. The van der Waals surface area contributed by atoms with E-state index in [9.17, 15) is 4.79 Å². The Labute approximate surface area is 399 Å². The Morgan fingerprint density at radius 2 is 1.52 bits per heavy atom. The summed E-state index contributed by atoms with van der Waals surface area (Å²) >= 11 is 0. The number of carbonyl (C=O) groups excluding carboxylic acids is 1. The standard InChI is InChI=1S/C56H102O5Si3/c1-16-17-20-26-44(59-62(7,8)9)30-32-47-46(52(60-63(10,11)12)40-53(47)61-64(13,14)15)27-21-18-19-22-28-54(57)58-45-35-37-55(5)43(39-45)29-31-48-50-34-33-49(42(4)25-23-24-41(2)3)56(50,6)38-36-51(48)55/h18,21,29-30,32,41-42,44-53H,16-17,19-20,22-28,31,33-40H2,1-15H3/b21-18-,32-30+/t42-,44-,45+,46-,47-,48+,49-,50+,51+,52+,53-,55+,56-/m1/s1. The van der Waals surface area contributed by atoms with E-state index < -0.39 is 25.0 Å². The summed E-state index contributed by atoms with van der Waals surface area (Å²) in [6.45, 7) is 35.8. The fourth-order valence-electron chi connectivity index (χ4n) is 14.1. The minimum absolute atomic E-state index is 0.00538. The molecule has 13 atom stereocenters. The van der Waals surface area contributed by atoms with Gasteiger partial charge in [0.15, 0.2) is 25.0 Å². The van der Waals surface area contributed by atoms with E-state index >= 15 is 0 Å². The van der Waals surface area contributed by atoms with Crippen molar-refractivity contribution in [1.29, 1.82) is 0 Å². The van der Waals surface area contributed by atoms with Crippen LogP contribution in [0, 0.1) is 58.2 Å². The van der Waals surface area contributed by atoms with Gasteiger partial charge in [0.05, 0.1) is 18.3 Å². The lowest BCUT2D eigenvalue weighted by atomic mass is 9.47. The van der Waals surface area contributed by atoms with Gasteiger partial charge in [0.25, 0.3) is 0 Å². The first-order chi connectivity index (χ1) is 29.9. The van der Waals surface area contributed by atoms with Crippen LogP contribution in [-0.4, -0.2) is 55.3 Å². The lowest BCUT2D eigenvalue weighted by Crippen LogP contribution is -2.51. The molecule has 0 aromatic carbocycles. The van der Waals surface area contributed by atoms with Crippen LogP contribution in [0.1, 0.15) is 170 Å². The second-order valence-corrected chi connectivity index (χ2v) is 39.3. The summed E-state index contributed by atoms with van der Waals surface area (Å²) in [5, 5.41) is 0. The van der Waals surface area contributed by atoms with E-state index in [0.29, 0.717) is 23.7 Å². The van der Waals surface area contributed by atoms with Crippen molar-refractivity contribution in [2.75, 3.05) is 0 Å². The highest BCUT2D eigenvalue weighted by molar-refractivity contribution is 6.70. The lowest BCUT2D eigenvalue weighted by molar-refractivity contribution is -0.151. The number of esters is 1.